The molecular weight excluding hydrogens is 359 g/mol. The fourth-order valence-electron chi connectivity index (χ4n) is 2.47. The maximum absolute atomic E-state index is 13.6. The van der Waals surface area contributed by atoms with Gasteiger partial charge in [-0.3, -0.25) is 4.79 Å². The number of amides is 1. The van der Waals surface area contributed by atoms with Crippen molar-refractivity contribution in [2.24, 2.45) is 0 Å². The van der Waals surface area contributed by atoms with Crippen molar-refractivity contribution >= 4 is 17.5 Å². The second kappa shape index (κ2) is 8.94. The van der Waals surface area contributed by atoms with E-state index in [4.69, 9.17) is 4.74 Å². The number of aromatic nitrogens is 2. The summed E-state index contributed by atoms with van der Waals surface area (Å²) in [6, 6.07) is 13.7. The van der Waals surface area contributed by atoms with Gasteiger partial charge in [0.15, 0.2) is 0 Å². The van der Waals surface area contributed by atoms with Crippen molar-refractivity contribution in [1.29, 1.82) is 0 Å². The summed E-state index contributed by atoms with van der Waals surface area (Å²) in [5.41, 5.74) is 1.38. The van der Waals surface area contributed by atoms with Crippen LogP contribution in [0, 0.1) is 5.82 Å². The zero-order valence-corrected chi connectivity index (χ0v) is 15.6. The van der Waals surface area contributed by atoms with Gasteiger partial charge >= 0.3 is 0 Å². The van der Waals surface area contributed by atoms with Gasteiger partial charge in [-0.1, -0.05) is 30.3 Å². The van der Waals surface area contributed by atoms with Gasteiger partial charge < -0.3 is 15.4 Å². The van der Waals surface area contributed by atoms with Gasteiger partial charge in [-0.2, -0.15) is 0 Å². The first-order valence-electron chi connectivity index (χ1n) is 8.89. The SMILES string of the molecule is CC(C)Oc1ccccc1NC(=O)c1cnc(NCc2ccccc2F)nc1. The van der Waals surface area contributed by atoms with Crippen LogP contribution in [-0.4, -0.2) is 22.0 Å². The van der Waals surface area contributed by atoms with E-state index in [9.17, 15) is 9.18 Å². The van der Waals surface area contributed by atoms with Crippen molar-refractivity contribution < 1.29 is 13.9 Å². The number of hydrogen-bond acceptors (Lipinski definition) is 5. The molecule has 1 amide bonds. The lowest BCUT2D eigenvalue weighted by molar-refractivity contribution is 0.102. The Morgan fingerprint density at radius 1 is 1.07 bits per heavy atom. The summed E-state index contributed by atoms with van der Waals surface area (Å²) in [5, 5.41) is 5.74. The van der Waals surface area contributed by atoms with E-state index in [-0.39, 0.29) is 24.4 Å². The van der Waals surface area contributed by atoms with E-state index < -0.39 is 0 Å². The van der Waals surface area contributed by atoms with Crippen LogP contribution in [0.25, 0.3) is 0 Å². The quantitative estimate of drug-likeness (QED) is 0.640. The Morgan fingerprint density at radius 2 is 1.75 bits per heavy atom. The highest BCUT2D eigenvalue weighted by molar-refractivity contribution is 6.04. The monoisotopic (exact) mass is 380 g/mol. The first-order valence-corrected chi connectivity index (χ1v) is 8.89. The standard InChI is InChI=1S/C21H21FN4O2/c1-14(2)28-19-10-6-5-9-18(19)26-20(27)16-12-24-21(25-13-16)23-11-15-7-3-4-8-17(15)22/h3-10,12-14H,11H2,1-2H3,(H,26,27)(H,23,24,25). The lowest BCUT2D eigenvalue weighted by atomic mass is 10.2. The molecule has 0 aliphatic carbocycles. The molecule has 3 aromatic rings. The third kappa shape index (κ3) is 5.03. The van der Waals surface area contributed by atoms with Crippen LogP contribution in [0.1, 0.15) is 29.8 Å². The van der Waals surface area contributed by atoms with Gasteiger partial charge in [0.25, 0.3) is 5.91 Å². The van der Waals surface area contributed by atoms with Crippen LogP contribution < -0.4 is 15.4 Å². The normalized spacial score (nSPS) is 10.6. The fraction of sp³-hybridized carbons (Fsp3) is 0.190. The summed E-state index contributed by atoms with van der Waals surface area (Å²) < 4.78 is 19.3. The number of para-hydroxylation sites is 2. The molecule has 0 unspecified atom stereocenters. The van der Waals surface area contributed by atoms with Crippen molar-refractivity contribution in [2.45, 2.75) is 26.5 Å². The highest BCUT2D eigenvalue weighted by atomic mass is 19.1. The number of carbonyl (C=O) groups is 1. The Bertz CT molecular complexity index is 945. The molecule has 6 nitrogen and oxygen atoms in total. The Kier molecular flexibility index (Phi) is 6.16. The van der Waals surface area contributed by atoms with Gasteiger partial charge in [-0.15, -0.1) is 0 Å². The van der Waals surface area contributed by atoms with E-state index in [2.05, 4.69) is 20.6 Å². The summed E-state index contributed by atoms with van der Waals surface area (Å²) in [6.45, 7) is 4.08. The van der Waals surface area contributed by atoms with Gasteiger partial charge in [0.05, 0.1) is 17.4 Å². The topological polar surface area (TPSA) is 76.1 Å². The third-order valence-corrected chi connectivity index (χ3v) is 3.81. The first-order chi connectivity index (χ1) is 13.5. The molecule has 2 N–H and O–H groups in total. The van der Waals surface area contributed by atoms with Crippen molar-refractivity contribution in [2.75, 3.05) is 10.6 Å². The van der Waals surface area contributed by atoms with Gasteiger partial charge in [-0.25, -0.2) is 14.4 Å². The summed E-state index contributed by atoms with van der Waals surface area (Å²) in [6.07, 6.45) is 2.82. The van der Waals surface area contributed by atoms with E-state index >= 15 is 0 Å². The number of rotatable bonds is 7. The van der Waals surface area contributed by atoms with Gasteiger partial charge in [0.1, 0.15) is 11.6 Å². The number of nitrogens with zero attached hydrogens (tertiary/aromatic N) is 2. The van der Waals surface area contributed by atoms with Crippen molar-refractivity contribution in [3.63, 3.8) is 0 Å². The predicted molar refractivity (Wildman–Crippen MR) is 106 cm³/mol. The maximum Gasteiger partial charge on any atom is 0.258 e. The van der Waals surface area contributed by atoms with Gasteiger partial charge in [0, 0.05) is 24.5 Å². The summed E-state index contributed by atoms with van der Waals surface area (Å²) >= 11 is 0. The lowest BCUT2D eigenvalue weighted by Gasteiger charge is -2.14. The average molecular weight is 380 g/mol. The molecule has 3 rings (SSSR count). The molecule has 0 aliphatic heterocycles. The molecule has 2 aromatic carbocycles. The van der Waals surface area contributed by atoms with Gasteiger partial charge in [0.2, 0.25) is 5.95 Å². The van der Waals surface area contributed by atoms with Crippen LogP contribution in [0.15, 0.2) is 60.9 Å². The van der Waals surface area contributed by atoms with Crippen molar-refractivity contribution in [1.82, 2.24) is 9.97 Å². The Morgan fingerprint density at radius 3 is 2.46 bits per heavy atom. The highest BCUT2D eigenvalue weighted by Crippen LogP contribution is 2.25. The van der Waals surface area contributed by atoms with E-state index in [0.717, 1.165) is 0 Å². The van der Waals surface area contributed by atoms with Crippen LogP contribution in [-0.2, 0) is 6.54 Å². The predicted octanol–water partition coefficient (Wildman–Crippen LogP) is 4.27. The molecule has 0 aliphatic rings. The number of benzene rings is 2. The summed E-state index contributed by atoms with van der Waals surface area (Å²) in [5.74, 6) is 0.257. The Labute approximate surface area is 162 Å². The molecule has 0 saturated heterocycles. The van der Waals surface area contributed by atoms with E-state index in [1.165, 1.54) is 18.5 Å². The molecular formula is C21H21FN4O2. The van der Waals surface area contributed by atoms with Crippen LogP contribution in [0.4, 0.5) is 16.0 Å². The van der Waals surface area contributed by atoms with E-state index in [1.54, 1.807) is 30.3 Å². The Balaban J connectivity index is 1.63. The van der Waals surface area contributed by atoms with Crippen LogP contribution in [0.2, 0.25) is 0 Å². The second-order valence-corrected chi connectivity index (χ2v) is 6.36. The molecule has 0 radical (unpaired) electrons. The van der Waals surface area contributed by atoms with Gasteiger partial charge in [-0.05, 0) is 32.0 Å². The molecule has 0 atom stereocenters. The Hall–Kier alpha value is -3.48. The zero-order valence-electron chi connectivity index (χ0n) is 15.6. The fourth-order valence-corrected chi connectivity index (χ4v) is 2.47. The molecule has 0 fully saturated rings. The molecule has 1 heterocycles. The summed E-state index contributed by atoms with van der Waals surface area (Å²) in [4.78, 5) is 20.7. The van der Waals surface area contributed by atoms with Crippen molar-refractivity contribution in [3.05, 3.63) is 77.9 Å². The minimum absolute atomic E-state index is 0.0128. The smallest absolute Gasteiger partial charge is 0.258 e. The summed E-state index contributed by atoms with van der Waals surface area (Å²) in [7, 11) is 0. The van der Waals surface area contributed by atoms with Crippen LogP contribution in [0.3, 0.4) is 0 Å². The van der Waals surface area contributed by atoms with Crippen LogP contribution in [0.5, 0.6) is 5.75 Å². The number of carbonyl (C=O) groups excluding carboxylic acids is 1. The number of ether oxygens (including phenoxy) is 1. The molecule has 0 spiro atoms. The molecule has 0 saturated carbocycles. The first kappa shape index (κ1) is 19.3. The number of anilines is 2. The van der Waals surface area contributed by atoms with E-state index in [0.29, 0.717) is 28.5 Å². The van der Waals surface area contributed by atoms with E-state index in [1.807, 2.05) is 26.0 Å². The molecule has 1 aromatic heterocycles. The number of hydrogen-bond donors (Lipinski definition) is 2. The number of halogens is 1. The van der Waals surface area contributed by atoms with Crippen LogP contribution >= 0.6 is 0 Å². The molecule has 7 heteroatoms. The molecule has 144 valence electrons. The lowest BCUT2D eigenvalue weighted by Crippen LogP contribution is -2.15. The molecule has 0 bridgehead atoms. The number of nitrogens with one attached hydrogen (secondary N) is 2. The minimum atomic E-state index is -0.347. The van der Waals surface area contributed by atoms with Crippen molar-refractivity contribution in [3.8, 4) is 5.75 Å². The largest absolute Gasteiger partial charge is 0.489 e. The zero-order chi connectivity index (χ0) is 19.9. The minimum Gasteiger partial charge on any atom is -0.489 e. The highest BCUT2D eigenvalue weighted by Gasteiger charge is 2.12. The maximum atomic E-state index is 13.6. The average Bonchev–Trinajstić information content (AvgIpc) is 2.69. The second-order valence-electron chi connectivity index (χ2n) is 6.36. The molecule has 28 heavy (non-hydrogen) atoms. The third-order valence-electron chi connectivity index (χ3n) is 3.81.